The van der Waals surface area contributed by atoms with Crippen molar-refractivity contribution in [3.8, 4) is 0 Å². The average molecular weight is 615 g/mol. The lowest BCUT2D eigenvalue weighted by Gasteiger charge is -2.63. The molecule has 0 radical (unpaired) electrons. The van der Waals surface area contributed by atoms with Gasteiger partial charge in [0.15, 0.2) is 12.2 Å². The van der Waals surface area contributed by atoms with Gasteiger partial charge < -0.3 is 34.3 Å². The van der Waals surface area contributed by atoms with Gasteiger partial charge in [0.05, 0.1) is 23.2 Å². The van der Waals surface area contributed by atoms with Crippen molar-refractivity contribution in [2.75, 3.05) is 0 Å². The lowest BCUT2D eigenvalue weighted by Crippen LogP contribution is -2.73. The zero-order valence-electron chi connectivity index (χ0n) is 26.2. The standard InChI is InChI=1S/C33H42O11/c1-16-22(37)14-24(44-30(39)21-12-10-9-11-13-21)32(8)26(16)28(42-19(4)35)33(40)15-23(38)17(2)25(31(33,6)7)27(41-18(3)34)29(32)43-20(5)36/h9-13,22-24,26-29,37-38,40H,1,14-15H2,2-8H3/t22-,23-,24-,26-,27+,28-,29-,32+,33+/m0/s1. The Hall–Kier alpha value is -3.54. The molecule has 44 heavy (non-hydrogen) atoms. The first-order valence-electron chi connectivity index (χ1n) is 14.6. The second kappa shape index (κ2) is 11.8. The summed E-state index contributed by atoms with van der Waals surface area (Å²) in [7, 11) is 0. The van der Waals surface area contributed by atoms with Crippen LogP contribution in [0.25, 0.3) is 0 Å². The number of aliphatic hydroxyl groups excluding tert-OH is 2. The lowest BCUT2D eigenvalue weighted by molar-refractivity contribution is -0.255. The molecule has 11 nitrogen and oxygen atoms in total. The first kappa shape index (κ1) is 33.4. The van der Waals surface area contributed by atoms with Crippen LogP contribution in [-0.4, -0.2) is 81.4 Å². The van der Waals surface area contributed by atoms with E-state index < -0.39 is 82.8 Å². The number of carbonyl (C=O) groups is 4. The Balaban J connectivity index is 2.10. The van der Waals surface area contributed by atoms with E-state index in [1.807, 2.05) is 0 Å². The number of rotatable bonds is 5. The van der Waals surface area contributed by atoms with Gasteiger partial charge in [-0.1, -0.05) is 45.5 Å². The van der Waals surface area contributed by atoms with E-state index in [2.05, 4.69) is 6.58 Å². The minimum atomic E-state index is -2.04. The van der Waals surface area contributed by atoms with Crippen molar-refractivity contribution in [1.82, 2.24) is 0 Å². The van der Waals surface area contributed by atoms with Gasteiger partial charge in [-0.25, -0.2) is 4.79 Å². The number of benzene rings is 1. The molecule has 240 valence electrons. The van der Waals surface area contributed by atoms with Crippen molar-refractivity contribution in [2.45, 2.75) is 104 Å². The van der Waals surface area contributed by atoms with Gasteiger partial charge in [0.25, 0.3) is 0 Å². The summed E-state index contributed by atoms with van der Waals surface area (Å²) in [5.41, 5.74) is -4.04. The zero-order valence-corrected chi connectivity index (χ0v) is 26.2. The summed E-state index contributed by atoms with van der Waals surface area (Å²) in [5, 5.41) is 35.3. The van der Waals surface area contributed by atoms with Crippen LogP contribution in [0.5, 0.6) is 0 Å². The highest BCUT2D eigenvalue weighted by atomic mass is 16.6. The molecule has 0 heterocycles. The molecule has 4 rings (SSSR count). The Labute approximate surface area is 256 Å². The molecule has 3 aliphatic carbocycles. The van der Waals surface area contributed by atoms with Gasteiger partial charge in [0.2, 0.25) is 0 Å². The molecule has 1 aromatic carbocycles. The van der Waals surface area contributed by atoms with Crippen LogP contribution in [0.2, 0.25) is 0 Å². The van der Waals surface area contributed by atoms with Crippen molar-refractivity contribution in [3.05, 3.63) is 59.2 Å². The van der Waals surface area contributed by atoms with Crippen molar-refractivity contribution in [2.24, 2.45) is 16.7 Å². The molecular formula is C33H42O11. The Morgan fingerprint density at radius 2 is 1.39 bits per heavy atom. The molecule has 0 amide bonds. The Bertz CT molecular complexity index is 1380. The number of fused-ring (bicyclic) bond motifs is 3. The first-order chi connectivity index (χ1) is 20.4. The van der Waals surface area contributed by atoms with Gasteiger partial charge in [-0.3, -0.25) is 14.4 Å². The van der Waals surface area contributed by atoms with Crippen molar-refractivity contribution < 1.29 is 53.4 Å². The van der Waals surface area contributed by atoms with Crippen LogP contribution in [0.3, 0.4) is 0 Å². The van der Waals surface area contributed by atoms with Crippen LogP contribution in [-0.2, 0) is 33.3 Å². The molecule has 2 saturated carbocycles. The summed E-state index contributed by atoms with van der Waals surface area (Å²) in [6.07, 6.45) is -8.60. The fourth-order valence-corrected chi connectivity index (χ4v) is 7.67. The summed E-state index contributed by atoms with van der Waals surface area (Å²) in [4.78, 5) is 51.7. The molecule has 3 N–H and O–H groups in total. The highest BCUT2D eigenvalue weighted by Gasteiger charge is 2.71. The predicted molar refractivity (Wildman–Crippen MR) is 156 cm³/mol. The van der Waals surface area contributed by atoms with Crippen molar-refractivity contribution in [1.29, 1.82) is 0 Å². The quantitative estimate of drug-likeness (QED) is 0.254. The first-order valence-corrected chi connectivity index (χ1v) is 14.6. The van der Waals surface area contributed by atoms with E-state index in [4.69, 9.17) is 18.9 Å². The topological polar surface area (TPSA) is 166 Å². The molecule has 11 heteroatoms. The summed E-state index contributed by atoms with van der Waals surface area (Å²) >= 11 is 0. The molecule has 2 fully saturated rings. The molecule has 9 atom stereocenters. The third-order valence-electron chi connectivity index (χ3n) is 9.90. The maximum Gasteiger partial charge on any atom is 0.338 e. The zero-order chi connectivity index (χ0) is 32.9. The normalized spacial score (nSPS) is 36.2. The smallest absolute Gasteiger partial charge is 0.338 e. The van der Waals surface area contributed by atoms with E-state index in [1.54, 1.807) is 58.0 Å². The Morgan fingerprint density at radius 3 is 1.93 bits per heavy atom. The van der Waals surface area contributed by atoms with E-state index in [1.165, 1.54) is 13.8 Å². The molecular weight excluding hydrogens is 572 g/mol. The predicted octanol–water partition coefficient (Wildman–Crippen LogP) is 2.80. The highest BCUT2D eigenvalue weighted by Crippen LogP contribution is 2.62. The fourth-order valence-electron chi connectivity index (χ4n) is 7.67. The van der Waals surface area contributed by atoms with Gasteiger partial charge in [-0.2, -0.15) is 0 Å². The SMILES string of the molecule is C=C1[C@@H](O)C[C@H](OC(=O)c2ccccc2)[C@@]2(C)[C@@H](OC(C)=O)[C@H](OC(C)=O)C3=C(C)[C@@H](O)C[C@@](O)([C@@H](OC(C)=O)[C@H]12)C3(C)C. The molecule has 0 spiro atoms. The van der Waals surface area contributed by atoms with Gasteiger partial charge in [-0.05, 0) is 35.8 Å². The van der Waals surface area contributed by atoms with E-state index in [0.717, 1.165) is 6.92 Å². The van der Waals surface area contributed by atoms with Crippen molar-refractivity contribution >= 4 is 23.9 Å². The number of hydrogen-bond donors (Lipinski definition) is 3. The Morgan fingerprint density at radius 1 is 0.841 bits per heavy atom. The number of hydrogen-bond acceptors (Lipinski definition) is 11. The van der Waals surface area contributed by atoms with Gasteiger partial charge in [0.1, 0.15) is 17.8 Å². The lowest BCUT2D eigenvalue weighted by atomic mass is 9.47. The number of ether oxygens (including phenoxy) is 4. The van der Waals surface area contributed by atoms with Crippen LogP contribution in [0, 0.1) is 16.7 Å². The minimum Gasteiger partial charge on any atom is -0.459 e. The van der Waals surface area contributed by atoms with Crippen LogP contribution in [0.4, 0.5) is 0 Å². The van der Waals surface area contributed by atoms with E-state index >= 15 is 0 Å². The second-order valence-electron chi connectivity index (χ2n) is 12.9. The van der Waals surface area contributed by atoms with Crippen LogP contribution < -0.4 is 0 Å². The third-order valence-corrected chi connectivity index (χ3v) is 9.90. The van der Waals surface area contributed by atoms with E-state index in [0.29, 0.717) is 5.57 Å². The van der Waals surface area contributed by atoms with Crippen LogP contribution >= 0.6 is 0 Å². The highest BCUT2D eigenvalue weighted by molar-refractivity contribution is 5.89. The van der Waals surface area contributed by atoms with E-state index in [-0.39, 0.29) is 29.6 Å². The van der Waals surface area contributed by atoms with E-state index in [9.17, 15) is 34.5 Å². The maximum absolute atomic E-state index is 13.5. The van der Waals surface area contributed by atoms with Gasteiger partial charge in [0, 0.05) is 44.9 Å². The second-order valence-corrected chi connectivity index (χ2v) is 12.9. The molecule has 3 aliphatic rings. The maximum atomic E-state index is 13.5. The summed E-state index contributed by atoms with van der Waals surface area (Å²) < 4.78 is 23.9. The molecule has 0 aliphatic heterocycles. The van der Waals surface area contributed by atoms with Gasteiger partial charge >= 0.3 is 23.9 Å². The minimum absolute atomic E-state index is 0.123. The number of aliphatic hydroxyl groups is 3. The summed E-state index contributed by atoms with van der Waals surface area (Å²) in [5.74, 6) is -4.24. The monoisotopic (exact) mass is 614 g/mol. The summed E-state index contributed by atoms with van der Waals surface area (Å²) in [6, 6.07) is 8.14. The fraction of sp³-hybridized carbons (Fsp3) is 0.576. The van der Waals surface area contributed by atoms with Crippen LogP contribution in [0.1, 0.15) is 71.7 Å². The Kier molecular flexibility index (Phi) is 8.91. The molecule has 1 aromatic rings. The third kappa shape index (κ3) is 5.35. The molecule has 0 saturated heterocycles. The largest absolute Gasteiger partial charge is 0.459 e. The average Bonchev–Trinajstić information content (AvgIpc) is 2.92. The molecule has 0 aromatic heterocycles. The van der Waals surface area contributed by atoms with Crippen LogP contribution in [0.15, 0.2) is 53.6 Å². The number of carbonyl (C=O) groups excluding carboxylic acids is 4. The van der Waals surface area contributed by atoms with Gasteiger partial charge in [-0.15, -0.1) is 0 Å². The summed E-state index contributed by atoms with van der Waals surface area (Å²) in [6.45, 7) is 14.2. The molecule has 0 unspecified atom stereocenters. The molecule has 2 bridgehead atoms. The van der Waals surface area contributed by atoms with Crippen molar-refractivity contribution in [3.63, 3.8) is 0 Å². The number of esters is 4.